The molecule has 1 aromatic carbocycles. The number of hydrogen-bond donors (Lipinski definition) is 2. The molecule has 1 aliphatic carbocycles. The number of halogens is 1. The van der Waals surface area contributed by atoms with E-state index in [9.17, 15) is 5.11 Å². The third-order valence-corrected chi connectivity index (χ3v) is 4.83. The van der Waals surface area contributed by atoms with Gasteiger partial charge in [0.15, 0.2) is 0 Å². The third-order valence-electron chi connectivity index (χ3n) is 3.83. The molecule has 0 atom stereocenters. The van der Waals surface area contributed by atoms with Crippen LogP contribution in [0, 0.1) is 6.92 Å². The van der Waals surface area contributed by atoms with Crippen LogP contribution < -0.4 is 5.73 Å². The van der Waals surface area contributed by atoms with Gasteiger partial charge in [0.05, 0.1) is 4.47 Å². The van der Waals surface area contributed by atoms with Crippen molar-refractivity contribution in [1.82, 2.24) is 0 Å². The van der Waals surface area contributed by atoms with Crippen molar-refractivity contribution in [2.24, 2.45) is 5.73 Å². The van der Waals surface area contributed by atoms with E-state index < -0.39 is 0 Å². The molecule has 88 valence electrons. The summed E-state index contributed by atoms with van der Waals surface area (Å²) in [7, 11) is 0. The highest BCUT2D eigenvalue weighted by atomic mass is 79.9. The van der Waals surface area contributed by atoms with Gasteiger partial charge in [-0.25, -0.2) is 0 Å². The molecule has 3 N–H and O–H groups in total. The van der Waals surface area contributed by atoms with Crippen molar-refractivity contribution in [2.45, 2.75) is 38.0 Å². The maximum absolute atomic E-state index is 10.2. The molecule has 1 saturated carbocycles. The van der Waals surface area contributed by atoms with E-state index in [1.54, 1.807) is 0 Å². The number of aromatic hydroxyl groups is 1. The van der Waals surface area contributed by atoms with Crippen LogP contribution in [0.25, 0.3) is 0 Å². The first-order chi connectivity index (χ1) is 7.60. The molecule has 0 aromatic heterocycles. The van der Waals surface area contributed by atoms with Crippen LogP contribution in [0.15, 0.2) is 16.6 Å². The summed E-state index contributed by atoms with van der Waals surface area (Å²) in [4.78, 5) is 0. The SMILES string of the molecule is Cc1ccc(C2(CN)CCCC2)c(O)c1Br. The molecule has 0 radical (unpaired) electrons. The van der Waals surface area contributed by atoms with Gasteiger partial charge in [-0.15, -0.1) is 0 Å². The monoisotopic (exact) mass is 283 g/mol. The lowest BCUT2D eigenvalue weighted by Crippen LogP contribution is -2.32. The van der Waals surface area contributed by atoms with Crippen LogP contribution >= 0.6 is 15.9 Å². The molecule has 1 aromatic rings. The summed E-state index contributed by atoms with van der Waals surface area (Å²) in [6, 6.07) is 4.09. The van der Waals surface area contributed by atoms with E-state index in [1.807, 2.05) is 13.0 Å². The molecule has 0 spiro atoms. The fourth-order valence-corrected chi connectivity index (χ4v) is 3.07. The number of rotatable bonds is 2. The van der Waals surface area contributed by atoms with E-state index in [0.717, 1.165) is 28.4 Å². The van der Waals surface area contributed by atoms with Gasteiger partial charge in [-0.2, -0.15) is 0 Å². The van der Waals surface area contributed by atoms with E-state index in [-0.39, 0.29) is 5.41 Å². The molecular formula is C13H18BrNO. The third kappa shape index (κ3) is 1.76. The van der Waals surface area contributed by atoms with Gasteiger partial charge in [-0.1, -0.05) is 25.0 Å². The summed E-state index contributed by atoms with van der Waals surface area (Å²) < 4.78 is 0.810. The number of aryl methyl sites for hydroxylation is 1. The number of phenols is 1. The Kier molecular flexibility index (Phi) is 3.27. The summed E-state index contributed by atoms with van der Waals surface area (Å²) in [5.74, 6) is 0.382. The number of benzene rings is 1. The van der Waals surface area contributed by atoms with Gasteiger partial charge in [-0.05, 0) is 41.3 Å². The number of phenolic OH excluding ortho intramolecular Hbond substituents is 1. The van der Waals surface area contributed by atoms with Gasteiger partial charge in [0.25, 0.3) is 0 Å². The Balaban J connectivity index is 2.51. The largest absolute Gasteiger partial charge is 0.506 e. The molecule has 2 rings (SSSR count). The lowest BCUT2D eigenvalue weighted by molar-refractivity contribution is 0.403. The van der Waals surface area contributed by atoms with Crippen molar-refractivity contribution in [2.75, 3.05) is 6.54 Å². The van der Waals surface area contributed by atoms with Gasteiger partial charge in [0.2, 0.25) is 0 Å². The zero-order valence-electron chi connectivity index (χ0n) is 9.59. The number of hydrogen-bond acceptors (Lipinski definition) is 2. The fraction of sp³-hybridized carbons (Fsp3) is 0.538. The summed E-state index contributed by atoms with van der Waals surface area (Å²) in [5, 5.41) is 10.2. The average molecular weight is 284 g/mol. The summed E-state index contributed by atoms with van der Waals surface area (Å²) in [5.41, 5.74) is 8.01. The van der Waals surface area contributed by atoms with Gasteiger partial charge in [0, 0.05) is 17.5 Å². The molecule has 0 heterocycles. The first-order valence-electron chi connectivity index (χ1n) is 5.79. The predicted molar refractivity (Wildman–Crippen MR) is 69.7 cm³/mol. The van der Waals surface area contributed by atoms with Crippen LogP contribution in [-0.4, -0.2) is 11.7 Å². The van der Waals surface area contributed by atoms with Crippen molar-refractivity contribution in [3.05, 3.63) is 27.7 Å². The first-order valence-corrected chi connectivity index (χ1v) is 6.59. The molecular weight excluding hydrogens is 266 g/mol. The molecule has 0 aliphatic heterocycles. The average Bonchev–Trinajstić information content (AvgIpc) is 2.76. The van der Waals surface area contributed by atoms with Crippen LogP contribution in [-0.2, 0) is 5.41 Å². The minimum Gasteiger partial charge on any atom is -0.506 e. The molecule has 2 nitrogen and oxygen atoms in total. The van der Waals surface area contributed by atoms with E-state index in [1.165, 1.54) is 12.8 Å². The van der Waals surface area contributed by atoms with Gasteiger partial charge >= 0.3 is 0 Å². The minimum absolute atomic E-state index is 0.000301. The topological polar surface area (TPSA) is 46.2 Å². The van der Waals surface area contributed by atoms with E-state index >= 15 is 0 Å². The Labute approximate surface area is 105 Å². The lowest BCUT2D eigenvalue weighted by atomic mass is 9.78. The van der Waals surface area contributed by atoms with Crippen molar-refractivity contribution < 1.29 is 5.11 Å². The highest BCUT2D eigenvalue weighted by Gasteiger charge is 2.36. The summed E-state index contributed by atoms with van der Waals surface area (Å²) in [6.07, 6.45) is 4.60. The Morgan fingerprint density at radius 1 is 1.38 bits per heavy atom. The zero-order valence-corrected chi connectivity index (χ0v) is 11.2. The van der Waals surface area contributed by atoms with E-state index in [0.29, 0.717) is 12.3 Å². The predicted octanol–water partition coefficient (Wildman–Crippen LogP) is 3.23. The van der Waals surface area contributed by atoms with Gasteiger partial charge in [0.1, 0.15) is 5.75 Å². The van der Waals surface area contributed by atoms with E-state index in [2.05, 4.69) is 22.0 Å². The van der Waals surface area contributed by atoms with Crippen molar-refractivity contribution >= 4 is 15.9 Å². The Morgan fingerprint density at radius 3 is 2.56 bits per heavy atom. The summed E-state index contributed by atoms with van der Waals surface area (Å²) >= 11 is 3.44. The molecule has 0 amide bonds. The smallest absolute Gasteiger partial charge is 0.133 e. The van der Waals surface area contributed by atoms with Crippen molar-refractivity contribution in [1.29, 1.82) is 0 Å². The molecule has 3 heteroatoms. The molecule has 0 unspecified atom stereocenters. The molecule has 1 aliphatic rings. The van der Waals surface area contributed by atoms with Crippen molar-refractivity contribution in [3.8, 4) is 5.75 Å². The first kappa shape index (κ1) is 11.9. The zero-order chi connectivity index (χ0) is 11.8. The van der Waals surface area contributed by atoms with Gasteiger partial charge < -0.3 is 10.8 Å². The second kappa shape index (κ2) is 4.38. The molecule has 0 bridgehead atoms. The van der Waals surface area contributed by atoms with Gasteiger partial charge in [-0.3, -0.25) is 0 Å². The fourth-order valence-electron chi connectivity index (χ4n) is 2.73. The Bertz CT molecular complexity index is 397. The Morgan fingerprint density at radius 2 is 2.00 bits per heavy atom. The number of nitrogens with two attached hydrogens (primary N) is 1. The molecule has 1 fully saturated rings. The van der Waals surface area contributed by atoms with E-state index in [4.69, 9.17) is 5.73 Å². The highest BCUT2D eigenvalue weighted by molar-refractivity contribution is 9.10. The van der Waals surface area contributed by atoms with Crippen LogP contribution in [0.3, 0.4) is 0 Å². The molecule has 16 heavy (non-hydrogen) atoms. The molecule has 0 saturated heterocycles. The minimum atomic E-state index is 0.000301. The van der Waals surface area contributed by atoms with Crippen LogP contribution in [0.5, 0.6) is 5.75 Å². The normalized spacial score (nSPS) is 18.9. The second-order valence-electron chi connectivity index (χ2n) is 4.78. The van der Waals surface area contributed by atoms with Crippen LogP contribution in [0.4, 0.5) is 0 Å². The van der Waals surface area contributed by atoms with Crippen LogP contribution in [0.2, 0.25) is 0 Å². The quantitative estimate of drug-likeness (QED) is 0.875. The maximum atomic E-state index is 10.2. The Hall–Kier alpha value is -0.540. The standard InChI is InChI=1S/C13H18BrNO/c1-9-4-5-10(12(16)11(9)14)13(8-15)6-2-3-7-13/h4-5,16H,2-3,6-8,15H2,1H3. The lowest BCUT2D eigenvalue weighted by Gasteiger charge is -2.29. The maximum Gasteiger partial charge on any atom is 0.133 e. The van der Waals surface area contributed by atoms with Crippen molar-refractivity contribution in [3.63, 3.8) is 0 Å². The van der Waals surface area contributed by atoms with Crippen LogP contribution in [0.1, 0.15) is 36.8 Å². The highest BCUT2D eigenvalue weighted by Crippen LogP contribution is 2.46. The second-order valence-corrected chi connectivity index (χ2v) is 5.58. The summed E-state index contributed by atoms with van der Waals surface area (Å²) in [6.45, 7) is 2.60.